The number of rotatable bonds is 7. The van der Waals surface area contributed by atoms with E-state index in [1.807, 2.05) is 19.3 Å². The molecule has 0 unspecified atom stereocenters. The fraction of sp³-hybridized carbons (Fsp3) is 0.148. The van der Waals surface area contributed by atoms with Crippen LogP contribution in [0.5, 0.6) is 5.75 Å². The van der Waals surface area contributed by atoms with Gasteiger partial charge in [-0.25, -0.2) is 0 Å². The number of aryl methyl sites for hydroxylation is 2. The molecule has 35 heavy (non-hydrogen) atoms. The van der Waals surface area contributed by atoms with Crippen molar-refractivity contribution in [2.24, 2.45) is 0 Å². The molecular formula is C27H26N2O6. The minimum Gasteiger partial charge on any atom is -0.507 e. The van der Waals surface area contributed by atoms with Crippen molar-refractivity contribution < 1.29 is 29.3 Å². The monoisotopic (exact) mass is 474 g/mol. The Balaban J connectivity index is 1.77. The van der Waals surface area contributed by atoms with Crippen molar-refractivity contribution in [2.45, 2.75) is 19.4 Å². The number of aliphatic hydroxyl groups excluding tert-OH is 1. The molecule has 8 nitrogen and oxygen atoms in total. The average Bonchev–Trinajstić information content (AvgIpc) is 2.87. The molecule has 0 heterocycles. The van der Waals surface area contributed by atoms with E-state index in [2.05, 4.69) is 5.43 Å². The maximum absolute atomic E-state index is 13.1. The maximum atomic E-state index is 13.1. The van der Waals surface area contributed by atoms with Crippen molar-refractivity contribution >= 4 is 23.4 Å². The summed E-state index contributed by atoms with van der Waals surface area (Å²) in [6.45, 7) is 3.74. The summed E-state index contributed by atoms with van der Waals surface area (Å²) in [4.78, 5) is 37.6. The summed E-state index contributed by atoms with van der Waals surface area (Å²) < 4.78 is 5.03. The van der Waals surface area contributed by atoms with Gasteiger partial charge < -0.3 is 14.9 Å². The van der Waals surface area contributed by atoms with Crippen LogP contribution in [0.3, 0.4) is 0 Å². The zero-order chi connectivity index (χ0) is 25.6. The number of aliphatic hydroxyl groups is 2. The average molecular weight is 475 g/mol. The third-order valence-electron chi connectivity index (χ3n) is 5.43. The minimum absolute atomic E-state index is 0.280. The lowest BCUT2D eigenvalue weighted by Gasteiger charge is -2.28. The van der Waals surface area contributed by atoms with Crippen LogP contribution in [0.15, 0.2) is 78.9 Å². The van der Waals surface area contributed by atoms with E-state index in [0.29, 0.717) is 11.3 Å². The first-order chi connectivity index (χ1) is 16.6. The zero-order valence-electron chi connectivity index (χ0n) is 19.5. The molecule has 0 saturated heterocycles. The zero-order valence-corrected chi connectivity index (χ0v) is 19.5. The molecule has 0 bridgehead atoms. The van der Waals surface area contributed by atoms with Gasteiger partial charge >= 0.3 is 5.91 Å². The highest BCUT2D eigenvalue weighted by molar-refractivity contribution is 6.41. The largest absolute Gasteiger partial charge is 0.507 e. The normalized spacial score (nSPS) is 11.5. The van der Waals surface area contributed by atoms with Gasteiger partial charge in [0.15, 0.2) is 5.60 Å². The number of ketones is 1. The number of hydrazine groups is 1. The molecule has 0 fully saturated rings. The smallest absolute Gasteiger partial charge is 0.310 e. The second kappa shape index (κ2) is 10.7. The van der Waals surface area contributed by atoms with Crippen molar-refractivity contribution in [3.05, 3.63) is 107 Å². The molecule has 180 valence electrons. The second-order valence-corrected chi connectivity index (χ2v) is 7.97. The fourth-order valence-corrected chi connectivity index (χ4v) is 3.32. The summed E-state index contributed by atoms with van der Waals surface area (Å²) >= 11 is 0. The van der Waals surface area contributed by atoms with Crippen LogP contribution in [-0.2, 0) is 20.0 Å². The van der Waals surface area contributed by atoms with Gasteiger partial charge in [-0.2, -0.15) is 0 Å². The minimum atomic E-state index is -2.14. The predicted octanol–water partition coefficient (Wildman–Crippen LogP) is 2.86. The molecule has 0 aliphatic carbocycles. The summed E-state index contributed by atoms with van der Waals surface area (Å²) in [6.07, 6.45) is 0.732. The summed E-state index contributed by atoms with van der Waals surface area (Å²) in [5.74, 6) is -3.14. The molecule has 0 radical (unpaired) electrons. The maximum Gasteiger partial charge on any atom is 0.310 e. The Hall–Kier alpha value is -4.43. The molecular weight excluding hydrogens is 448 g/mol. The number of hydrogen-bond donors (Lipinski definition) is 4. The van der Waals surface area contributed by atoms with Crippen LogP contribution in [-0.4, -0.2) is 34.9 Å². The summed E-state index contributed by atoms with van der Waals surface area (Å²) in [6, 6.07) is 19.6. The number of carbonyl (C=O) groups excluding carboxylic acids is 3. The van der Waals surface area contributed by atoms with Crippen LogP contribution in [0, 0.1) is 13.8 Å². The fourth-order valence-electron chi connectivity index (χ4n) is 3.32. The van der Waals surface area contributed by atoms with Gasteiger partial charge in [-0.05, 0) is 49.2 Å². The van der Waals surface area contributed by atoms with Gasteiger partial charge in [-0.1, -0.05) is 59.7 Å². The van der Waals surface area contributed by atoms with E-state index in [4.69, 9.17) is 4.74 Å². The van der Waals surface area contributed by atoms with Crippen LogP contribution < -0.4 is 15.6 Å². The summed E-state index contributed by atoms with van der Waals surface area (Å²) in [5, 5.41) is 21.6. The summed E-state index contributed by atoms with van der Waals surface area (Å²) in [7, 11) is 1.49. The molecule has 0 aromatic heterocycles. The number of methoxy groups -OCH3 is 1. The Morgan fingerprint density at radius 1 is 0.800 bits per heavy atom. The number of benzene rings is 3. The number of carbonyl (C=O) groups is 3. The Bertz CT molecular complexity index is 1200. The Morgan fingerprint density at radius 2 is 1.29 bits per heavy atom. The molecule has 3 aromatic rings. The molecule has 0 atom stereocenters. The topological polar surface area (TPSA) is 125 Å². The molecule has 3 rings (SSSR count). The van der Waals surface area contributed by atoms with Gasteiger partial charge in [0.05, 0.1) is 7.11 Å². The summed E-state index contributed by atoms with van der Waals surface area (Å²) in [5.41, 5.74) is 4.70. The van der Waals surface area contributed by atoms with Crippen molar-refractivity contribution in [1.29, 1.82) is 0 Å². The molecule has 0 aliphatic rings. The van der Waals surface area contributed by atoms with Gasteiger partial charge in [0, 0.05) is 11.6 Å². The van der Waals surface area contributed by atoms with E-state index in [1.165, 1.54) is 19.2 Å². The van der Waals surface area contributed by atoms with Gasteiger partial charge in [0.1, 0.15) is 11.5 Å². The highest BCUT2D eigenvalue weighted by Crippen LogP contribution is 2.30. The van der Waals surface area contributed by atoms with E-state index in [0.717, 1.165) is 17.2 Å². The third kappa shape index (κ3) is 5.74. The van der Waals surface area contributed by atoms with Crippen LogP contribution >= 0.6 is 0 Å². The third-order valence-corrected chi connectivity index (χ3v) is 5.43. The van der Waals surface area contributed by atoms with Crippen molar-refractivity contribution in [3.8, 4) is 5.75 Å². The molecule has 0 spiro atoms. The van der Waals surface area contributed by atoms with Crippen LogP contribution in [0.2, 0.25) is 0 Å². The SMILES string of the molecule is COc1ccc(/C(O)=C/C(=O)C(=O)NNC(=O)C(O)(c2ccc(C)cc2)c2ccc(C)cc2)cc1. The first kappa shape index (κ1) is 25.2. The Labute approximate surface area is 202 Å². The molecule has 8 heteroatoms. The first-order valence-electron chi connectivity index (χ1n) is 10.7. The van der Waals surface area contributed by atoms with Crippen molar-refractivity contribution in [2.75, 3.05) is 7.11 Å². The second-order valence-electron chi connectivity index (χ2n) is 7.97. The van der Waals surface area contributed by atoms with E-state index in [1.54, 1.807) is 60.7 Å². The van der Waals surface area contributed by atoms with Gasteiger partial charge in [-0.3, -0.25) is 25.2 Å². The lowest BCUT2D eigenvalue weighted by molar-refractivity contribution is -0.142. The predicted molar refractivity (Wildman–Crippen MR) is 130 cm³/mol. The Morgan fingerprint density at radius 3 is 1.74 bits per heavy atom. The van der Waals surface area contributed by atoms with Crippen molar-refractivity contribution in [1.82, 2.24) is 10.9 Å². The van der Waals surface area contributed by atoms with Gasteiger partial charge in [0.25, 0.3) is 5.91 Å². The number of hydrogen-bond acceptors (Lipinski definition) is 6. The lowest BCUT2D eigenvalue weighted by atomic mass is 9.85. The van der Waals surface area contributed by atoms with Gasteiger partial charge in [0.2, 0.25) is 5.78 Å². The van der Waals surface area contributed by atoms with E-state index in [9.17, 15) is 24.6 Å². The number of amides is 2. The molecule has 4 N–H and O–H groups in total. The molecule has 3 aromatic carbocycles. The van der Waals surface area contributed by atoms with E-state index < -0.39 is 29.0 Å². The van der Waals surface area contributed by atoms with Gasteiger partial charge in [-0.15, -0.1) is 0 Å². The van der Waals surface area contributed by atoms with E-state index >= 15 is 0 Å². The van der Waals surface area contributed by atoms with E-state index in [-0.39, 0.29) is 11.1 Å². The quantitative estimate of drug-likeness (QED) is 0.181. The highest BCUT2D eigenvalue weighted by Gasteiger charge is 2.40. The first-order valence-corrected chi connectivity index (χ1v) is 10.7. The number of ether oxygens (including phenoxy) is 1. The molecule has 2 amide bonds. The van der Waals surface area contributed by atoms with Crippen LogP contribution in [0.25, 0.3) is 5.76 Å². The van der Waals surface area contributed by atoms with Crippen LogP contribution in [0.1, 0.15) is 27.8 Å². The van der Waals surface area contributed by atoms with Crippen molar-refractivity contribution in [3.63, 3.8) is 0 Å². The molecule has 0 aliphatic heterocycles. The standard InChI is InChI=1S/C27H26N2O6/c1-17-4-10-20(11-5-17)27(34,21-12-6-18(2)7-13-21)26(33)29-28-25(32)24(31)16-23(30)19-8-14-22(35-3)15-9-19/h4-16,30,34H,1-3H3,(H,28,32)(H,29,33)/b23-16-. The van der Waals surface area contributed by atoms with Crippen LogP contribution in [0.4, 0.5) is 0 Å². The Kier molecular flexibility index (Phi) is 7.68. The molecule has 0 saturated carbocycles. The highest BCUT2D eigenvalue weighted by atomic mass is 16.5. The number of nitrogens with one attached hydrogen (secondary N) is 2. The lowest BCUT2D eigenvalue weighted by Crippen LogP contribution is -2.53.